The zero-order chi connectivity index (χ0) is 21.8. The summed E-state index contributed by atoms with van der Waals surface area (Å²) in [5.41, 5.74) is 0.320. The van der Waals surface area contributed by atoms with Crippen molar-refractivity contribution in [3.05, 3.63) is 0 Å². The van der Waals surface area contributed by atoms with Gasteiger partial charge in [-0.15, -0.1) is 0 Å². The molecule has 0 aromatic heterocycles. The average molecular weight is 433 g/mol. The molecule has 0 aromatic rings. The summed E-state index contributed by atoms with van der Waals surface area (Å²) in [6, 6.07) is 0. The summed E-state index contributed by atoms with van der Waals surface area (Å²) < 4.78 is 13.3. The first-order valence-electron chi connectivity index (χ1n) is 13.4. The van der Waals surface area contributed by atoms with Gasteiger partial charge in [-0.1, -0.05) is 27.7 Å². The van der Waals surface area contributed by atoms with Gasteiger partial charge in [0.25, 0.3) is 0 Å². The summed E-state index contributed by atoms with van der Waals surface area (Å²) in [7, 11) is 0. The molecule has 0 amide bonds. The van der Waals surface area contributed by atoms with Crippen molar-refractivity contribution in [2.45, 2.75) is 110 Å². The molecule has 10 unspecified atom stereocenters. The van der Waals surface area contributed by atoms with Crippen molar-refractivity contribution in [3.8, 4) is 0 Å². The van der Waals surface area contributed by atoms with Crippen LogP contribution in [0.25, 0.3) is 0 Å². The Bertz CT molecular complexity index is 716. The summed E-state index contributed by atoms with van der Waals surface area (Å²) in [4.78, 5) is 0. The maximum Gasteiger partial charge on any atom is 0.171 e. The molecule has 2 aliphatic heterocycles. The molecule has 0 aromatic carbocycles. The third kappa shape index (κ3) is 2.74. The number of rotatable bonds is 0. The van der Waals surface area contributed by atoms with E-state index in [0.717, 1.165) is 19.4 Å². The van der Waals surface area contributed by atoms with Gasteiger partial charge in [-0.25, -0.2) is 0 Å². The number of hydrogen-bond acceptors (Lipinski definition) is 4. The summed E-state index contributed by atoms with van der Waals surface area (Å²) in [5.74, 6) is 3.89. The number of aliphatic hydroxyl groups is 2. The van der Waals surface area contributed by atoms with Crippen LogP contribution in [0.3, 0.4) is 0 Å². The van der Waals surface area contributed by atoms with Crippen LogP contribution in [0.15, 0.2) is 0 Å². The highest BCUT2D eigenvalue weighted by Crippen LogP contribution is 2.71. The van der Waals surface area contributed by atoms with Crippen LogP contribution >= 0.6 is 0 Å². The lowest BCUT2D eigenvalue weighted by Crippen LogP contribution is -2.59. The lowest BCUT2D eigenvalue weighted by atomic mass is 9.43. The van der Waals surface area contributed by atoms with Crippen LogP contribution in [0.4, 0.5) is 0 Å². The fourth-order valence-electron chi connectivity index (χ4n) is 10.3. The summed E-state index contributed by atoms with van der Waals surface area (Å²) in [6.45, 7) is 10.5. The number of aliphatic hydroxyl groups excluding tert-OH is 2. The van der Waals surface area contributed by atoms with Gasteiger partial charge < -0.3 is 19.7 Å². The van der Waals surface area contributed by atoms with Gasteiger partial charge in [0.05, 0.1) is 24.9 Å². The Morgan fingerprint density at radius 1 is 0.871 bits per heavy atom. The van der Waals surface area contributed by atoms with Gasteiger partial charge in [-0.3, -0.25) is 0 Å². The molecule has 4 heteroatoms. The lowest BCUT2D eigenvalue weighted by molar-refractivity contribution is -0.273. The first-order valence-corrected chi connectivity index (χ1v) is 13.4. The van der Waals surface area contributed by atoms with Crippen molar-refractivity contribution in [1.29, 1.82) is 0 Å². The Kier molecular flexibility index (Phi) is 4.78. The monoisotopic (exact) mass is 432 g/mol. The standard InChI is InChI=1S/C27H44O4/c1-15-7-10-27(30-14-15)16(2)24-22(31-27)13-21-19-6-5-17-11-18(28)12-23(29)26(17,4)20(19)8-9-25(21,24)3/h15-24,28-29H,5-14H2,1-4H3/t15-,16?,17?,18?,19+,20?,21?,22?,23?,24?,25-,26?,27?/m0/s1. The predicted molar refractivity (Wildman–Crippen MR) is 119 cm³/mol. The molecule has 1 spiro atoms. The second-order valence-corrected chi connectivity index (χ2v) is 13.2. The maximum atomic E-state index is 11.2. The van der Waals surface area contributed by atoms with E-state index in [1.54, 1.807) is 0 Å². The molecule has 6 aliphatic rings. The molecule has 0 bridgehead atoms. The molecule has 2 heterocycles. The third-order valence-electron chi connectivity index (χ3n) is 12.0. The van der Waals surface area contributed by atoms with Crippen molar-refractivity contribution in [3.63, 3.8) is 0 Å². The molecule has 2 N–H and O–H groups in total. The Morgan fingerprint density at radius 2 is 1.68 bits per heavy atom. The van der Waals surface area contributed by atoms with Crippen molar-refractivity contribution >= 4 is 0 Å². The minimum Gasteiger partial charge on any atom is -0.393 e. The quantitative estimate of drug-likeness (QED) is 0.579. The zero-order valence-electron chi connectivity index (χ0n) is 20.1. The van der Waals surface area contributed by atoms with Gasteiger partial charge >= 0.3 is 0 Å². The van der Waals surface area contributed by atoms with Gasteiger partial charge in [0, 0.05) is 12.3 Å². The van der Waals surface area contributed by atoms with Crippen LogP contribution in [-0.4, -0.2) is 40.9 Å². The molecular formula is C27H44O4. The minimum absolute atomic E-state index is 0.0164. The molecule has 176 valence electrons. The predicted octanol–water partition coefficient (Wildman–Crippen LogP) is 4.76. The van der Waals surface area contributed by atoms with Crippen LogP contribution in [-0.2, 0) is 9.47 Å². The Labute approximate surface area is 188 Å². The first kappa shape index (κ1) is 21.4. The SMILES string of the molecule is CC1C2C(CC3[C@@H]4CCC5CC(O)CC(O)C5(C)C4CC[C@]23C)OC12CC[C@H](C)CO2. The Balaban J connectivity index is 1.27. The first-order chi connectivity index (χ1) is 14.7. The number of fused-ring (bicyclic) bond motifs is 7. The fraction of sp³-hybridized carbons (Fsp3) is 1.00. The zero-order valence-corrected chi connectivity index (χ0v) is 20.1. The van der Waals surface area contributed by atoms with Crippen LogP contribution in [0, 0.1) is 52.3 Å². The second-order valence-electron chi connectivity index (χ2n) is 13.2. The van der Waals surface area contributed by atoms with Crippen LogP contribution < -0.4 is 0 Å². The van der Waals surface area contributed by atoms with E-state index < -0.39 is 0 Å². The highest BCUT2D eigenvalue weighted by atomic mass is 16.7. The molecule has 13 atom stereocenters. The van der Waals surface area contributed by atoms with E-state index in [0.29, 0.717) is 59.4 Å². The minimum atomic E-state index is -0.351. The molecule has 4 saturated carbocycles. The van der Waals surface area contributed by atoms with E-state index in [1.807, 2.05) is 0 Å². The van der Waals surface area contributed by atoms with E-state index in [2.05, 4.69) is 27.7 Å². The second kappa shape index (κ2) is 6.93. The van der Waals surface area contributed by atoms with E-state index >= 15 is 0 Å². The van der Waals surface area contributed by atoms with Crippen molar-refractivity contribution in [1.82, 2.24) is 0 Å². The van der Waals surface area contributed by atoms with Gasteiger partial charge in [-0.05, 0) is 97.7 Å². The van der Waals surface area contributed by atoms with E-state index in [1.165, 1.54) is 38.5 Å². The normalized spacial score (nSPS) is 63.3. The van der Waals surface area contributed by atoms with Crippen LogP contribution in [0.5, 0.6) is 0 Å². The average Bonchev–Trinajstić information content (AvgIpc) is 3.16. The highest BCUT2D eigenvalue weighted by molar-refractivity contribution is 5.16. The lowest BCUT2D eigenvalue weighted by Gasteiger charge is -2.62. The van der Waals surface area contributed by atoms with Crippen molar-refractivity contribution in [2.24, 2.45) is 52.3 Å². The van der Waals surface area contributed by atoms with Crippen molar-refractivity contribution in [2.75, 3.05) is 6.61 Å². The third-order valence-corrected chi connectivity index (χ3v) is 12.0. The molecule has 6 fully saturated rings. The topological polar surface area (TPSA) is 58.9 Å². The van der Waals surface area contributed by atoms with E-state index in [9.17, 15) is 10.2 Å². The van der Waals surface area contributed by atoms with Gasteiger partial charge in [0.2, 0.25) is 0 Å². The molecule has 4 nitrogen and oxygen atoms in total. The summed E-state index contributed by atoms with van der Waals surface area (Å²) in [6.07, 6.45) is 9.56. The van der Waals surface area contributed by atoms with Crippen LogP contribution in [0.1, 0.15) is 85.5 Å². The molecule has 6 rings (SSSR count). The molecule has 2 saturated heterocycles. The van der Waals surface area contributed by atoms with Crippen molar-refractivity contribution < 1.29 is 19.7 Å². The highest BCUT2D eigenvalue weighted by Gasteiger charge is 2.69. The largest absolute Gasteiger partial charge is 0.393 e. The summed E-state index contributed by atoms with van der Waals surface area (Å²) >= 11 is 0. The van der Waals surface area contributed by atoms with Gasteiger partial charge in [-0.2, -0.15) is 0 Å². The summed E-state index contributed by atoms with van der Waals surface area (Å²) in [5, 5.41) is 21.5. The number of ether oxygens (including phenoxy) is 2. The fourth-order valence-corrected chi connectivity index (χ4v) is 10.3. The molecular weight excluding hydrogens is 388 g/mol. The molecule has 0 radical (unpaired) electrons. The van der Waals surface area contributed by atoms with E-state index in [4.69, 9.17) is 9.47 Å². The number of hydrogen-bond donors (Lipinski definition) is 2. The maximum absolute atomic E-state index is 11.2. The van der Waals surface area contributed by atoms with Gasteiger partial charge in [0.1, 0.15) is 0 Å². The van der Waals surface area contributed by atoms with Crippen LogP contribution in [0.2, 0.25) is 0 Å². The van der Waals surface area contributed by atoms with Gasteiger partial charge in [0.15, 0.2) is 5.79 Å². The smallest absolute Gasteiger partial charge is 0.171 e. The van der Waals surface area contributed by atoms with E-state index in [-0.39, 0.29) is 23.4 Å². The molecule has 31 heavy (non-hydrogen) atoms. The Morgan fingerprint density at radius 3 is 2.42 bits per heavy atom. The molecule has 4 aliphatic carbocycles. The Hall–Kier alpha value is -0.160.